The molecule has 0 saturated heterocycles. The van der Waals surface area contributed by atoms with E-state index in [0.717, 1.165) is 24.2 Å². The Labute approximate surface area is 176 Å². The number of nitrogens with zero attached hydrogens (tertiary/aromatic N) is 4. The number of nitrogens with two attached hydrogens (primary N) is 1. The summed E-state index contributed by atoms with van der Waals surface area (Å²) >= 11 is 0. The predicted molar refractivity (Wildman–Crippen MR) is 112 cm³/mol. The summed E-state index contributed by atoms with van der Waals surface area (Å²) in [5, 5.41) is 9.66. The van der Waals surface area contributed by atoms with Crippen LogP contribution in [0.2, 0.25) is 0 Å². The minimum atomic E-state index is -0.498. The fourth-order valence-electron chi connectivity index (χ4n) is 2.94. The number of hydrogen-bond acceptors (Lipinski definition) is 8. The van der Waals surface area contributed by atoms with Gasteiger partial charge >= 0.3 is 0 Å². The minimum absolute atomic E-state index is 0.0692. The molecule has 0 aliphatic rings. The monoisotopic (exact) mass is 420 g/mol. The summed E-state index contributed by atoms with van der Waals surface area (Å²) in [6.45, 7) is 0.690. The lowest BCUT2D eigenvalue weighted by molar-refractivity contribution is 0.0940. The molecule has 1 amide bonds. The van der Waals surface area contributed by atoms with Crippen molar-refractivity contribution < 1.29 is 9.53 Å². The number of fused-ring (bicyclic) bond motifs is 1. The average Bonchev–Trinajstić information content (AvgIpc) is 3.29. The maximum absolute atomic E-state index is 12.5. The summed E-state index contributed by atoms with van der Waals surface area (Å²) in [6, 6.07) is 8.26. The highest BCUT2D eigenvalue weighted by Crippen LogP contribution is 2.12. The van der Waals surface area contributed by atoms with Gasteiger partial charge in [0.25, 0.3) is 11.5 Å². The molecule has 0 aliphatic heterocycles. The number of carbonyl (C=O) groups is 1. The number of benzene rings is 1. The summed E-state index contributed by atoms with van der Waals surface area (Å²) in [6.07, 6.45) is 4.55. The van der Waals surface area contributed by atoms with Gasteiger partial charge in [-0.05, 0) is 36.2 Å². The first-order chi connectivity index (χ1) is 15.1. The van der Waals surface area contributed by atoms with Crippen molar-refractivity contribution in [3.05, 3.63) is 70.4 Å². The van der Waals surface area contributed by atoms with E-state index in [2.05, 4.69) is 35.5 Å². The third-order valence-electron chi connectivity index (χ3n) is 4.47. The molecule has 11 heteroatoms. The Morgan fingerprint density at radius 1 is 1.19 bits per heavy atom. The van der Waals surface area contributed by atoms with Crippen LogP contribution in [0.1, 0.15) is 28.4 Å². The number of hydrogen-bond donors (Lipinski definition) is 4. The van der Waals surface area contributed by atoms with Gasteiger partial charge in [0, 0.05) is 30.9 Å². The molecular formula is C20H20N8O3. The van der Waals surface area contributed by atoms with E-state index < -0.39 is 11.5 Å². The van der Waals surface area contributed by atoms with E-state index in [1.54, 1.807) is 30.5 Å². The molecular weight excluding hydrogens is 400 g/mol. The van der Waals surface area contributed by atoms with Crippen LogP contribution < -0.4 is 21.3 Å². The number of pyridine rings is 1. The van der Waals surface area contributed by atoms with Gasteiger partial charge in [-0.1, -0.05) is 0 Å². The zero-order chi connectivity index (χ0) is 21.6. The van der Waals surface area contributed by atoms with Gasteiger partial charge < -0.3 is 20.8 Å². The summed E-state index contributed by atoms with van der Waals surface area (Å²) in [4.78, 5) is 39.6. The Balaban J connectivity index is 1.34. The second-order valence-electron chi connectivity index (χ2n) is 6.76. The number of amides is 1. The molecule has 5 N–H and O–H groups in total. The Bertz CT molecular complexity index is 1250. The molecule has 0 fully saturated rings. The molecule has 4 rings (SSSR count). The summed E-state index contributed by atoms with van der Waals surface area (Å²) < 4.78 is 5.65. The van der Waals surface area contributed by atoms with Crippen LogP contribution in [0.15, 0.2) is 47.7 Å². The van der Waals surface area contributed by atoms with Crippen LogP contribution in [0.3, 0.4) is 0 Å². The first kappa shape index (κ1) is 20.0. The summed E-state index contributed by atoms with van der Waals surface area (Å²) in [5.41, 5.74) is 6.91. The molecule has 1 aromatic carbocycles. The Morgan fingerprint density at radius 2 is 2.10 bits per heavy atom. The van der Waals surface area contributed by atoms with E-state index in [-0.39, 0.29) is 12.4 Å². The molecule has 3 aromatic heterocycles. The third-order valence-corrected chi connectivity index (χ3v) is 4.47. The van der Waals surface area contributed by atoms with E-state index >= 15 is 0 Å². The van der Waals surface area contributed by atoms with E-state index in [1.165, 1.54) is 12.4 Å². The minimum Gasteiger partial charge on any atom is -0.478 e. The van der Waals surface area contributed by atoms with Gasteiger partial charge in [-0.25, -0.2) is 15.0 Å². The lowest BCUT2D eigenvalue weighted by Crippen LogP contribution is -2.27. The second kappa shape index (κ2) is 9.03. The van der Waals surface area contributed by atoms with E-state index in [9.17, 15) is 9.59 Å². The maximum atomic E-state index is 12.5. The standard InChI is InChI=1S/C20H20N8O3/c21-13-3-4-15-14(9-13)19(29)27-18(26-15)20(30)23-10-12-5-6-22-17(8-12)31-7-1-2-16-24-11-25-28-16/h3-6,8-9,11H,1-2,7,10,21H2,(H,23,30)(H,24,25,28)(H,26,27,29). The average molecular weight is 420 g/mol. The van der Waals surface area contributed by atoms with Crippen LogP contribution in [0, 0.1) is 0 Å². The van der Waals surface area contributed by atoms with Gasteiger partial charge in [-0.2, -0.15) is 5.10 Å². The van der Waals surface area contributed by atoms with Gasteiger partial charge in [0.15, 0.2) is 5.82 Å². The lowest BCUT2D eigenvalue weighted by Gasteiger charge is -2.08. The molecule has 11 nitrogen and oxygen atoms in total. The first-order valence-electron chi connectivity index (χ1n) is 9.58. The zero-order valence-corrected chi connectivity index (χ0v) is 16.5. The molecule has 0 unspecified atom stereocenters. The van der Waals surface area contributed by atoms with Crippen molar-refractivity contribution in [1.29, 1.82) is 0 Å². The highest BCUT2D eigenvalue weighted by molar-refractivity contribution is 5.92. The smallest absolute Gasteiger partial charge is 0.287 e. The van der Waals surface area contributed by atoms with Crippen molar-refractivity contribution in [3.8, 4) is 5.88 Å². The Morgan fingerprint density at radius 3 is 2.94 bits per heavy atom. The number of aromatic amines is 2. The van der Waals surface area contributed by atoms with Gasteiger partial charge in [0.1, 0.15) is 12.2 Å². The Hall–Kier alpha value is -4.28. The summed E-state index contributed by atoms with van der Waals surface area (Å²) in [7, 11) is 0. The largest absolute Gasteiger partial charge is 0.478 e. The number of nitrogens with one attached hydrogen (secondary N) is 3. The SMILES string of the molecule is Nc1ccc2nc(C(=O)NCc3ccnc(OCCCc4ncn[nH]4)c3)[nH]c(=O)c2c1. The normalized spacial score (nSPS) is 10.8. The van der Waals surface area contributed by atoms with Crippen LogP contribution in [0.25, 0.3) is 10.9 Å². The van der Waals surface area contributed by atoms with Gasteiger partial charge in [-0.15, -0.1) is 0 Å². The fourth-order valence-corrected chi connectivity index (χ4v) is 2.94. The van der Waals surface area contributed by atoms with Crippen molar-refractivity contribution in [2.45, 2.75) is 19.4 Å². The Kier molecular flexibility index (Phi) is 5.83. The number of aromatic nitrogens is 6. The molecule has 0 atom stereocenters. The highest BCUT2D eigenvalue weighted by Gasteiger charge is 2.12. The number of rotatable bonds is 8. The van der Waals surface area contributed by atoms with E-state index in [0.29, 0.717) is 29.1 Å². The molecule has 0 radical (unpaired) electrons. The maximum Gasteiger partial charge on any atom is 0.287 e. The quantitative estimate of drug-likeness (QED) is 0.242. The highest BCUT2D eigenvalue weighted by atomic mass is 16.5. The van der Waals surface area contributed by atoms with Crippen molar-refractivity contribution in [2.24, 2.45) is 0 Å². The zero-order valence-electron chi connectivity index (χ0n) is 16.5. The molecule has 4 aromatic rings. The number of anilines is 1. The van der Waals surface area contributed by atoms with Gasteiger partial charge in [0.2, 0.25) is 5.88 Å². The van der Waals surface area contributed by atoms with Crippen molar-refractivity contribution in [1.82, 2.24) is 35.5 Å². The molecule has 0 spiro atoms. The predicted octanol–water partition coefficient (Wildman–Crippen LogP) is 0.960. The fraction of sp³-hybridized carbons (Fsp3) is 0.200. The molecule has 31 heavy (non-hydrogen) atoms. The van der Waals surface area contributed by atoms with Crippen LogP contribution in [-0.4, -0.2) is 42.6 Å². The third kappa shape index (κ3) is 5.01. The van der Waals surface area contributed by atoms with Crippen LogP contribution in [-0.2, 0) is 13.0 Å². The summed E-state index contributed by atoms with van der Waals surface area (Å²) in [5.74, 6) is 0.693. The first-order valence-corrected chi connectivity index (χ1v) is 9.58. The molecule has 0 aliphatic carbocycles. The van der Waals surface area contributed by atoms with E-state index in [1.807, 2.05) is 0 Å². The van der Waals surface area contributed by atoms with Crippen LogP contribution >= 0.6 is 0 Å². The lowest BCUT2D eigenvalue weighted by atomic mass is 10.2. The van der Waals surface area contributed by atoms with E-state index in [4.69, 9.17) is 10.5 Å². The molecule has 158 valence electrons. The van der Waals surface area contributed by atoms with Crippen LogP contribution in [0.4, 0.5) is 5.69 Å². The molecule has 0 bridgehead atoms. The van der Waals surface area contributed by atoms with Crippen molar-refractivity contribution in [2.75, 3.05) is 12.3 Å². The number of aryl methyl sites for hydroxylation is 1. The van der Waals surface area contributed by atoms with Gasteiger partial charge in [0.05, 0.1) is 17.5 Å². The number of carbonyl (C=O) groups excluding carboxylic acids is 1. The van der Waals surface area contributed by atoms with Crippen molar-refractivity contribution in [3.63, 3.8) is 0 Å². The number of ether oxygens (including phenoxy) is 1. The number of H-pyrrole nitrogens is 2. The molecule has 3 heterocycles. The molecule has 0 saturated carbocycles. The second-order valence-corrected chi connectivity index (χ2v) is 6.76. The van der Waals surface area contributed by atoms with Crippen molar-refractivity contribution >= 4 is 22.5 Å². The topological polar surface area (TPSA) is 165 Å². The number of nitrogen functional groups attached to an aromatic ring is 1. The van der Waals surface area contributed by atoms with Gasteiger partial charge in [-0.3, -0.25) is 14.7 Å². The van der Waals surface area contributed by atoms with Crippen LogP contribution in [0.5, 0.6) is 5.88 Å².